The van der Waals surface area contributed by atoms with Crippen molar-refractivity contribution in [3.8, 4) is 0 Å². The molecule has 0 bridgehead atoms. The molecule has 11 heavy (non-hydrogen) atoms. The predicted octanol–water partition coefficient (Wildman–Crippen LogP) is 2.35. The molecule has 1 nitrogen and oxygen atoms in total. The van der Waals surface area contributed by atoms with E-state index in [9.17, 15) is 13.2 Å². The number of nitrogens with two attached hydrogens (primary N) is 1. The third-order valence-corrected chi connectivity index (χ3v) is 1.32. The van der Waals surface area contributed by atoms with Crippen molar-refractivity contribution in [3.05, 3.63) is 0 Å². The van der Waals surface area contributed by atoms with E-state index in [1.54, 1.807) is 6.92 Å². The summed E-state index contributed by atoms with van der Waals surface area (Å²) in [5.74, 6) is -0.0263. The highest BCUT2D eigenvalue weighted by Gasteiger charge is 2.26. The van der Waals surface area contributed by atoms with Gasteiger partial charge in [0, 0.05) is 6.42 Å². The molecule has 0 aliphatic rings. The number of rotatable bonds is 3. The molecule has 2 N–H and O–H groups in total. The van der Waals surface area contributed by atoms with Crippen molar-refractivity contribution in [1.82, 2.24) is 0 Å². The Labute approximate surface area is 70.6 Å². The van der Waals surface area contributed by atoms with Crippen LogP contribution in [0.3, 0.4) is 0 Å². The predicted molar refractivity (Wildman–Crippen MR) is 40.8 cm³/mol. The lowest BCUT2D eigenvalue weighted by Gasteiger charge is -2.09. The van der Waals surface area contributed by atoms with Gasteiger partial charge in [0.1, 0.15) is 0 Å². The summed E-state index contributed by atoms with van der Waals surface area (Å²) < 4.78 is 34.5. The maximum atomic E-state index is 11.5. The molecule has 0 fully saturated rings. The Kier molecular flexibility index (Phi) is 7.01. The molecule has 0 aromatic heterocycles. The first-order chi connectivity index (χ1) is 4.45. The number of alkyl halides is 3. The zero-order valence-electron chi connectivity index (χ0n) is 6.32. The quantitative estimate of drug-likeness (QED) is 0.728. The molecule has 0 aromatic rings. The average Bonchev–Trinajstić information content (AvgIpc) is 1.81. The van der Waals surface area contributed by atoms with Crippen LogP contribution in [0, 0.1) is 5.92 Å². The summed E-state index contributed by atoms with van der Waals surface area (Å²) in [6.07, 6.45) is -4.60. The van der Waals surface area contributed by atoms with Crippen molar-refractivity contribution in [3.63, 3.8) is 0 Å². The van der Waals surface area contributed by atoms with E-state index in [2.05, 4.69) is 0 Å². The summed E-state index contributed by atoms with van der Waals surface area (Å²) in [7, 11) is 0. The topological polar surface area (TPSA) is 26.0 Å². The summed E-state index contributed by atoms with van der Waals surface area (Å²) in [6.45, 7) is 2.04. The highest BCUT2D eigenvalue weighted by atomic mass is 35.5. The van der Waals surface area contributed by atoms with Gasteiger partial charge < -0.3 is 5.73 Å². The zero-order chi connectivity index (χ0) is 8.20. The maximum Gasteiger partial charge on any atom is 0.389 e. The Morgan fingerprint density at radius 3 is 2.09 bits per heavy atom. The van der Waals surface area contributed by atoms with Crippen molar-refractivity contribution in [2.45, 2.75) is 25.9 Å². The van der Waals surface area contributed by atoms with Gasteiger partial charge in [0.15, 0.2) is 0 Å². The van der Waals surface area contributed by atoms with Crippen LogP contribution in [-0.4, -0.2) is 12.7 Å². The van der Waals surface area contributed by atoms with Crippen molar-refractivity contribution in [2.75, 3.05) is 6.54 Å². The molecule has 1 atom stereocenters. The Morgan fingerprint density at radius 1 is 1.36 bits per heavy atom. The van der Waals surface area contributed by atoms with Gasteiger partial charge in [-0.05, 0) is 18.9 Å². The number of halogens is 4. The third kappa shape index (κ3) is 10.0. The fourth-order valence-corrected chi connectivity index (χ4v) is 0.528. The molecule has 5 heteroatoms. The minimum Gasteiger partial charge on any atom is -0.330 e. The molecule has 0 aliphatic carbocycles. The van der Waals surface area contributed by atoms with E-state index in [0.29, 0.717) is 6.54 Å². The van der Waals surface area contributed by atoms with Gasteiger partial charge in [0.25, 0.3) is 0 Å². The summed E-state index contributed by atoms with van der Waals surface area (Å²) in [5.41, 5.74) is 5.13. The van der Waals surface area contributed by atoms with E-state index >= 15 is 0 Å². The maximum absolute atomic E-state index is 11.5. The molecule has 1 unspecified atom stereocenters. The second kappa shape index (κ2) is 5.66. The molecular weight excluding hydrogens is 179 g/mol. The second-order valence-corrected chi connectivity index (χ2v) is 2.49. The van der Waals surface area contributed by atoms with Crippen LogP contribution in [0.25, 0.3) is 0 Å². The smallest absolute Gasteiger partial charge is 0.330 e. The molecule has 0 saturated heterocycles. The first kappa shape index (κ1) is 13.6. The van der Waals surface area contributed by atoms with Crippen LogP contribution < -0.4 is 5.73 Å². The van der Waals surface area contributed by atoms with Crippen LogP contribution in [-0.2, 0) is 0 Å². The van der Waals surface area contributed by atoms with Gasteiger partial charge in [-0.3, -0.25) is 0 Å². The van der Waals surface area contributed by atoms with Crippen molar-refractivity contribution < 1.29 is 13.2 Å². The summed E-state index contributed by atoms with van der Waals surface area (Å²) >= 11 is 0. The van der Waals surface area contributed by atoms with Crippen LogP contribution >= 0.6 is 12.4 Å². The standard InChI is InChI=1S/C6H12F3N.ClH/c1-5(4-10)2-3-6(7,8)9;/h5H,2-4,10H2,1H3;1H. The summed E-state index contributed by atoms with van der Waals surface area (Å²) in [6, 6.07) is 0. The van der Waals surface area contributed by atoms with Crippen molar-refractivity contribution in [2.24, 2.45) is 11.7 Å². The fourth-order valence-electron chi connectivity index (χ4n) is 0.528. The summed E-state index contributed by atoms with van der Waals surface area (Å²) in [4.78, 5) is 0. The molecule has 0 radical (unpaired) electrons. The Morgan fingerprint density at radius 2 is 1.82 bits per heavy atom. The number of hydrogen-bond acceptors (Lipinski definition) is 1. The van der Waals surface area contributed by atoms with Gasteiger partial charge in [-0.25, -0.2) is 0 Å². The first-order valence-electron chi connectivity index (χ1n) is 3.22. The van der Waals surface area contributed by atoms with E-state index < -0.39 is 12.6 Å². The van der Waals surface area contributed by atoms with E-state index in [4.69, 9.17) is 5.73 Å². The van der Waals surface area contributed by atoms with Gasteiger partial charge >= 0.3 is 6.18 Å². The molecule has 0 heterocycles. The molecule has 0 amide bonds. The van der Waals surface area contributed by atoms with Crippen LogP contribution in [0.1, 0.15) is 19.8 Å². The second-order valence-electron chi connectivity index (χ2n) is 2.49. The van der Waals surface area contributed by atoms with Crippen molar-refractivity contribution in [1.29, 1.82) is 0 Å². The molecule has 0 rings (SSSR count). The lowest BCUT2D eigenvalue weighted by atomic mass is 10.1. The number of hydrogen-bond donors (Lipinski definition) is 1. The molecule has 0 aromatic carbocycles. The molecule has 0 aliphatic heterocycles. The largest absolute Gasteiger partial charge is 0.389 e. The Hall–Kier alpha value is 0.0400. The molecule has 0 saturated carbocycles. The molecular formula is C6H13ClF3N. The minimum atomic E-state index is -4.02. The average molecular weight is 192 g/mol. The van der Waals surface area contributed by atoms with Crippen LogP contribution in [0.15, 0.2) is 0 Å². The van der Waals surface area contributed by atoms with Gasteiger partial charge in [0.05, 0.1) is 0 Å². The van der Waals surface area contributed by atoms with Crippen LogP contribution in [0.4, 0.5) is 13.2 Å². The monoisotopic (exact) mass is 191 g/mol. The molecule has 0 spiro atoms. The highest BCUT2D eigenvalue weighted by molar-refractivity contribution is 5.85. The van der Waals surface area contributed by atoms with Gasteiger partial charge in [-0.15, -0.1) is 12.4 Å². The van der Waals surface area contributed by atoms with E-state index in [1.165, 1.54) is 0 Å². The molecule has 70 valence electrons. The van der Waals surface area contributed by atoms with E-state index in [-0.39, 0.29) is 24.7 Å². The normalized spacial score (nSPS) is 13.9. The third-order valence-electron chi connectivity index (χ3n) is 1.32. The highest BCUT2D eigenvalue weighted by Crippen LogP contribution is 2.23. The lowest BCUT2D eigenvalue weighted by Crippen LogP contribution is -2.15. The minimum absolute atomic E-state index is 0. The Balaban J connectivity index is 0. The van der Waals surface area contributed by atoms with Gasteiger partial charge in [0.2, 0.25) is 0 Å². The Bertz CT molecular complexity index is 94.3. The summed E-state index contributed by atoms with van der Waals surface area (Å²) in [5, 5.41) is 0. The SMILES string of the molecule is CC(CN)CCC(F)(F)F.Cl. The van der Waals surface area contributed by atoms with Gasteiger partial charge in [-0.2, -0.15) is 13.2 Å². The van der Waals surface area contributed by atoms with Crippen LogP contribution in [0.5, 0.6) is 0 Å². The zero-order valence-corrected chi connectivity index (χ0v) is 7.13. The van der Waals surface area contributed by atoms with E-state index in [0.717, 1.165) is 0 Å². The van der Waals surface area contributed by atoms with Gasteiger partial charge in [-0.1, -0.05) is 6.92 Å². The fraction of sp³-hybridized carbons (Fsp3) is 1.00. The van der Waals surface area contributed by atoms with Crippen LogP contribution in [0.2, 0.25) is 0 Å². The first-order valence-corrected chi connectivity index (χ1v) is 3.22. The lowest BCUT2D eigenvalue weighted by molar-refractivity contribution is -0.137. The van der Waals surface area contributed by atoms with Crippen molar-refractivity contribution >= 4 is 12.4 Å². The van der Waals surface area contributed by atoms with E-state index in [1.807, 2.05) is 0 Å².